The van der Waals surface area contributed by atoms with Gasteiger partial charge in [-0.05, 0) is 116 Å². The number of rotatable bonds is 22. The average molecular weight is 842 g/mol. The van der Waals surface area contributed by atoms with Gasteiger partial charge in [0.25, 0.3) is 0 Å². The van der Waals surface area contributed by atoms with Crippen molar-refractivity contribution in [2.45, 2.75) is 154 Å². The predicted octanol–water partition coefficient (Wildman–Crippen LogP) is 10.3. The van der Waals surface area contributed by atoms with Crippen LogP contribution >= 0.6 is 0 Å². The van der Waals surface area contributed by atoms with Gasteiger partial charge in [0.1, 0.15) is 17.4 Å². The second kappa shape index (κ2) is 22.6. The topological polar surface area (TPSA) is 173 Å². The van der Waals surface area contributed by atoms with Crippen LogP contribution in [-0.4, -0.2) is 64.4 Å². The lowest BCUT2D eigenvalue weighted by atomic mass is 9.91. The lowest BCUT2D eigenvalue weighted by Gasteiger charge is -2.22. The first-order valence-corrected chi connectivity index (χ1v) is 21.5. The van der Waals surface area contributed by atoms with Gasteiger partial charge in [-0.2, -0.15) is 0 Å². The summed E-state index contributed by atoms with van der Waals surface area (Å²) in [7, 11) is 0. The van der Waals surface area contributed by atoms with E-state index in [0.29, 0.717) is 56.2 Å². The highest BCUT2D eigenvalue weighted by molar-refractivity contribution is 5.79. The Labute approximate surface area is 359 Å². The van der Waals surface area contributed by atoms with E-state index in [9.17, 15) is 14.4 Å². The van der Waals surface area contributed by atoms with Gasteiger partial charge >= 0.3 is 11.9 Å². The molecule has 0 saturated heterocycles. The van der Waals surface area contributed by atoms with Crippen LogP contribution in [0, 0.1) is 0 Å². The molecule has 13 heteroatoms. The molecule has 0 aliphatic heterocycles. The van der Waals surface area contributed by atoms with Crippen molar-refractivity contribution in [3.8, 4) is 0 Å². The fourth-order valence-corrected chi connectivity index (χ4v) is 7.26. The van der Waals surface area contributed by atoms with Gasteiger partial charge in [-0.3, -0.25) is 14.4 Å². The third kappa shape index (κ3) is 16.0. The number of aromatic nitrogens is 2. The molecule has 2 aliphatic carbocycles. The summed E-state index contributed by atoms with van der Waals surface area (Å²) in [4.78, 5) is 36.5. The molecule has 2 aromatic carbocycles. The van der Waals surface area contributed by atoms with Crippen molar-refractivity contribution in [1.82, 2.24) is 10.3 Å². The van der Waals surface area contributed by atoms with Gasteiger partial charge in [-0.25, -0.2) is 0 Å². The van der Waals surface area contributed by atoms with Crippen molar-refractivity contribution in [2.24, 2.45) is 5.16 Å². The summed E-state index contributed by atoms with van der Waals surface area (Å²) < 4.78 is 33.4. The minimum absolute atomic E-state index is 0.143. The van der Waals surface area contributed by atoms with E-state index >= 15 is 0 Å². The highest BCUT2D eigenvalue weighted by Crippen LogP contribution is 2.47. The highest BCUT2D eigenvalue weighted by Gasteiger charge is 2.37. The normalized spacial score (nSPS) is 15.2. The first kappa shape index (κ1) is 46.9. The fourth-order valence-electron chi connectivity index (χ4n) is 7.26. The van der Waals surface area contributed by atoms with Crippen LogP contribution in [0.25, 0.3) is 0 Å². The zero-order valence-electron chi connectivity index (χ0n) is 36.6. The van der Waals surface area contributed by atoms with Crippen molar-refractivity contribution in [3.05, 3.63) is 106 Å². The molecular weight excluding hydrogens is 779 g/mol. The van der Waals surface area contributed by atoms with Crippen LogP contribution in [0.5, 0.6) is 0 Å². The molecule has 61 heavy (non-hydrogen) atoms. The van der Waals surface area contributed by atoms with E-state index in [4.69, 9.17) is 33.2 Å². The predicted molar refractivity (Wildman–Crippen MR) is 229 cm³/mol. The number of nitrogens with zero attached hydrogens (tertiary/aromatic N) is 3. The van der Waals surface area contributed by atoms with Crippen LogP contribution in [0.3, 0.4) is 0 Å². The molecule has 13 nitrogen and oxygen atoms in total. The van der Waals surface area contributed by atoms with Gasteiger partial charge in [-0.1, -0.05) is 76.1 Å². The summed E-state index contributed by atoms with van der Waals surface area (Å²) in [5.41, 5.74) is 4.51. The third-order valence-corrected chi connectivity index (χ3v) is 10.2. The standard InChI is InChI=1S/C24H32N2O5.C24H31NO5/c1-24(2,3)30-21(27)14-19(10-7-13-29-16-17-8-5-4-6-9-17)23-22(18-11-12-18)20(15-25-28)31-26-23;1-24(2,3)29-21(27)14-19(10-7-13-28-16-17-8-5-4-6-9-17)23-22(18-11-12-18)20(15-26)30-25-23/h4-6,8-9,15,18-19,28H,7,10-14,16H2,1-3H3;4-6,8-9,15,18-19H,7,10-14,16H2,1-3H3/b25-15+;/t2*19-/m00/s1. The molecule has 0 amide bonds. The quantitative estimate of drug-likeness (QED) is 0.0198. The minimum Gasteiger partial charge on any atom is -0.460 e. The smallest absolute Gasteiger partial charge is 0.306 e. The van der Waals surface area contributed by atoms with Gasteiger partial charge in [0.15, 0.2) is 12.0 Å². The Hall–Kier alpha value is -5.14. The Morgan fingerprint density at radius 1 is 0.705 bits per heavy atom. The van der Waals surface area contributed by atoms with Crippen LogP contribution in [0.15, 0.2) is 74.9 Å². The number of esters is 2. The number of carbonyl (C=O) groups excluding carboxylic acids is 3. The molecule has 2 heterocycles. The summed E-state index contributed by atoms with van der Waals surface area (Å²) in [6, 6.07) is 20.1. The molecule has 330 valence electrons. The van der Waals surface area contributed by atoms with E-state index in [-0.39, 0.29) is 36.6 Å². The molecule has 0 unspecified atom stereocenters. The third-order valence-electron chi connectivity index (χ3n) is 10.2. The van der Waals surface area contributed by atoms with Gasteiger partial charge in [-0.15, -0.1) is 0 Å². The summed E-state index contributed by atoms with van der Waals surface area (Å²) in [5, 5.41) is 20.5. The first-order chi connectivity index (χ1) is 29.2. The van der Waals surface area contributed by atoms with Crippen molar-refractivity contribution < 1.29 is 47.6 Å². The Bertz CT molecular complexity index is 1990. The fraction of sp³-hybridized carbons (Fsp3) is 0.542. The van der Waals surface area contributed by atoms with E-state index in [2.05, 4.69) is 15.5 Å². The molecule has 2 fully saturated rings. The van der Waals surface area contributed by atoms with Crippen LogP contribution < -0.4 is 0 Å². The van der Waals surface area contributed by atoms with Gasteiger partial charge in [0.05, 0.1) is 37.4 Å². The Morgan fingerprint density at radius 3 is 1.49 bits per heavy atom. The van der Waals surface area contributed by atoms with E-state index in [0.717, 1.165) is 84.9 Å². The Morgan fingerprint density at radius 2 is 1.11 bits per heavy atom. The summed E-state index contributed by atoms with van der Waals surface area (Å²) in [6.45, 7) is 13.4. The van der Waals surface area contributed by atoms with Crippen molar-refractivity contribution in [3.63, 3.8) is 0 Å². The maximum Gasteiger partial charge on any atom is 0.306 e. The lowest BCUT2D eigenvalue weighted by molar-refractivity contribution is -0.156. The second-order valence-electron chi connectivity index (χ2n) is 17.9. The highest BCUT2D eigenvalue weighted by atomic mass is 16.6. The van der Waals surface area contributed by atoms with Crippen LogP contribution in [0.1, 0.15) is 179 Å². The molecule has 2 aliphatic rings. The van der Waals surface area contributed by atoms with Crippen molar-refractivity contribution in [1.29, 1.82) is 0 Å². The number of hydrogen-bond acceptors (Lipinski definition) is 13. The van der Waals surface area contributed by atoms with E-state index in [1.165, 1.54) is 6.21 Å². The number of carbonyl (C=O) groups is 3. The summed E-state index contributed by atoms with van der Waals surface area (Å²) in [5.74, 6) is 0.576. The van der Waals surface area contributed by atoms with Crippen molar-refractivity contribution in [2.75, 3.05) is 13.2 Å². The van der Waals surface area contributed by atoms with Gasteiger partial charge in [0, 0.05) is 36.2 Å². The zero-order chi connectivity index (χ0) is 43.8. The molecule has 2 saturated carbocycles. The number of aldehydes is 1. The average Bonchev–Trinajstić information content (AvgIpc) is 4.15. The number of oxime groups is 1. The van der Waals surface area contributed by atoms with Crippen LogP contribution in [0.4, 0.5) is 0 Å². The molecule has 1 N–H and O–H groups in total. The number of ether oxygens (including phenoxy) is 4. The molecule has 0 bridgehead atoms. The molecule has 0 spiro atoms. The molecule has 6 rings (SSSR count). The monoisotopic (exact) mass is 841 g/mol. The van der Waals surface area contributed by atoms with E-state index < -0.39 is 11.2 Å². The van der Waals surface area contributed by atoms with Crippen LogP contribution in [-0.2, 0) is 41.8 Å². The van der Waals surface area contributed by atoms with E-state index in [1.807, 2.05) is 102 Å². The lowest BCUT2D eigenvalue weighted by Crippen LogP contribution is -2.25. The Balaban J connectivity index is 0.000000231. The van der Waals surface area contributed by atoms with Crippen LogP contribution in [0.2, 0.25) is 0 Å². The Kier molecular flexibility index (Phi) is 17.4. The maximum atomic E-state index is 12.6. The van der Waals surface area contributed by atoms with E-state index in [1.54, 1.807) is 0 Å². The van der Waals surface area contributed by atoms with Gasteiger partial charge < -0.3 is 33.2 Å². The SMILES string of the molecule is CC(C)(C)OC(=O)C[C@H](CCCOCc1ccccc1)c1noc(/C=N/O)c1C1CC1.CC(C)(C)OC(=O)C[C@H](CCCOCc1ccccc1)c1noc(C=O)c1C1CC1. The van der Waals surface area contributed by atoms with Gasteiger partial charge in [0.2, 0.25) is 5.76 Å². The molecule has 2 atom stereocenters. The minimum atomic E-state index is -0.544. The second-order valence-corrected chi connectivity index (χ2v) is 17.9. The largest absolute Gasteiger partial charge is 0.460 e. The molecule has 2 aromatic heterocycles. The number of hydrogen-bond donors (Lipinski definition) is 1. The molecule has 0 radical (unpaired) electrons. The van der Waals surface area contributed by atoms with Crippen molar-refractivity contribution >= 4 is 24.4 Å². The summed E-state index contributed by atoms with van der Waals surface area (Å²) in [6.07, 6.45) is 9.53. The molecular formula is C48H63N3O10. The molecule has 4 aromatic rings. The first-order valence-electron chi connectivity index (χ1n) is 21.5. The maximum absolute atomic E-state index is 12.6. The number of benzene rings is 2. The summed E-state index contributed by atoms with van der Waals surface area (Å²) >= 11 is 0. The zero-order valence-corrected chi connectivity index (χ0v) is 36.6.